The Hall–Kier alpha value is -1.36. The summed E-state index contributed by atoms with van der Waals surface area (Å²) in [6.45, 7) is 2.19. The third-order valence-corrected chi connectivity index (χ3v) is 5.20. The number of Topliss-reactive ketones (excluding diaryl/α,β-unsaturated/α-hetero) is 1. The molecule has 0 saturated heterocycles. The molecule has 2 rings (SSSR count). The van der Waals surface area contributed by atoms with Crippen LogP contribution < -0.4 is 0 Å². The number of rotatable bonds is 7. The fourth-order valence-electron chi connectivity index (χ4n) is 2.48. The molecule has 2 heteroatoms. The maximum Gasteiger partial charge on any atom is 0.247 e. The van der Waals surface area contributed by atoms with Crippen molar-refractivity contribution >= 4 is 21.0 Å². The molecule has 0 aliphatic heterocycles. The van der Waals surface area contributed by atoms with Crippen molar-refractivity contribution in [1.82, 2.24) is 0 Å². The number of benzene rings is 2. The maximum atomic E-state index is 12.5. The monoisotopic (exact) mass is 280 g/mol. The SMILES string of the molecule is C[CH2][AlH][CH2]C(=O)C(Cc1ccccc1)c1ccccc1. The summed E-state index contributed by atoms with van der Waals surface area (Å²) >= 11 is -0.212. The Balaban J connectivity index is 2.18. The van der Waals surface area contributed by atoms with Crippen LogP contribution in [0.25, 0.3) is 0 Å². The first-order chi connectivity index (χ1) is 9.81. The highest BCUT2D eigenvalue weighted by Crippen LogP contribution is 2.23. The first kappa shape index (κ1) is 15.0. The maximum absolute atomic E-state index is 12.5. The standard InChI is InChI=1S/C16H15O.C2H5.Al.H/c1-13(17)16(15-10-6-3-7-11-15)12-14-8-4-2-5-9-14;1-2;;/h2-11,16H,1,12H2;1H2,2H3;;. The molecule has 1 unspecified atom stereocenters. The van der Waals surface area contributed by atoms with Crippen LogP contribution in [0.4, 0.5) is 0 Å². The van der Waals surface area contributed by atoms with Gasteiger partial charge in [-0.1, -0.05) is 72.9 Å². The van der Waals surface area contributed by atoms with Crippen molar-refractivity contribution in [2.24, 2.45) is 0 Å². The predicted octanol–water partition coefficient (Wildman–Crippen LogP) is 3.88. The minimum absolute atomic E-state index is 0.0256. The molecule has 0 aromatic heterocycles. The van der Waals surface area contributed by atoms with Crippen LogP contribution in [0.2, 0.25) is 10.6 Å². The van der Waals surface area contributed by atoms with Crippen molar-refractivity contribution in [3.63, 3.8) is 0 Å². The van der Waals surface area contributed by atoms with E-state index < -0.39 is 0 Å². The van der Waals surface area contributed by atoms with Crippen LogP contribution in [0.15, 0.2) is 60.7 Å². The summed E-state index contributed by atoms with van der Waals surface area (Å²) in [5, 5.41) is 2.03. The van der Waals surface area contributed by atoms with E-state index in [0.29, 0.717) is 5.78 Å². The van der Waals surface area contributed by atoms with Crippen molar-refractivity contribution in [3.8, 4) is 0 Å². The van der Waals surface area contributed by atoms with Crippen molar-refractivity contribution in [3.05, 3.63) is 71.8 Å². The topological polar surface area (TPSA) is 17.1 Å². The van der Waals surface area contributed by atoms with E-state index in [2.05, 4.69) is 31.2 Å². The summed E-state index contributed by atoms with van der Waals surface area (Å²) in [5.74, 6) is 0.450. The molecule has 102 valence electrons. The molecule has 0 saturated carbocycles. The van der Waals surface area contributed by atoms with Gasteiger partial charge in [0.05, 0.1) is 0 Å². The van der Waals surface area contributed by atoms with E-state index in [0.717, 1.165) is 17.3 Å². The van der Waals surface area contributed by atoms with Gasteiger partial charge in [0.25, 0.3) is 0 Å². The summed E-state index contributed by atoms with van der Waals surface area (Å²) in [6, 6.07) is 20.6. The summed E-state index contributed by atoms with van der Waals surface area (Å²) in [5.41, 5.74) is 2.40. The van der Waals surface area contributed by atoms with Gasteiger partial charge in [-0.25, -0.2) is 0 Å². The molecular formula is C18H21AlO. The van der Waals surface area contributed by atoms with Crippen LogP contribution in [-0.2, 0) is 11.2 Å². The smallest absolute Gasteiger partial charge is 0.247 e. The highest BCUT2D eigenvalue weighted by atomic mass is 27.1. The molecule has 0 N–H and O–H groups in total. The van der Waals surface area contributed by atoms with Crippen LogP contribution >= 0.6 is 0 Å². The Morgan fingerprint density at radius 1 is 1.00 bits per heavy atom. The molecule has 1 nitrogen and oxygen atoms in total. The van der Waals surface area contributed by atoms with Gasteiger partial charge >= 0.3 is 0 Å². The van der Waals surface area contributed by atoms with Gasteiger partial charge in [-0.2, -0.15) is 0 Å². The molecule has 0 aliphatic carbocycles. The van der Waals surface area contributed by atoms with Crippen molar-refractivity contribution in [2.75, 3.05) is 0 Å². The zero-order chi connectivity index (χ0) is 14.2. The van der Waals surface area contributed by atoms with Gasteiger partial charge in [-0.15, -0.1) is 0 Å². The summed E-state index contributed by atoms with van der Waals surface area (Å²) in [4.78, 5) is 12.5. The summed E-state index contributed by atoms with van der Waals surface area (Å²) in [6.07, 6.45) is 0.821. The van der Waals surface area contributed by atoms with Gasteiger partial charge in [0, 0.05) is 5.92 Å². The van der Waals surface area contributed by atoms with E-state index in [4.69, 9.17) is 0 Å². The molecule has 20 heavy (non-hydrogen) atoms. The molecule has 0 aliphatic rings. The fraction of sp³-hybridized carbons (Fsp3) is 0.278. The van der Waals surface area contributed by atoms with E-state index in [-0.39, 0.29) is 21.1 Å². The van der Waals surface area contributed by atoms with Crippen molar-refractivity contribution < 1.29 is 4.79 Å². The lowest BCUT2D eigenvalue weighted by Crippen LogP contribution is -2.16. The number of ketones is 1. The van der Waals surface area contributed by atoms with Gasteiger partial charge in [0.2, 0.25) is 15.2 Å². The Bertz CT molecular complexity index is 522. The molecule has 0 amide bonds. The van der Waals surface area contributed by atoms with E-state index >= 15 is 0 Å². The quantitative estimate of drug-likeness (QED) is 0.704. The van der Waals surface area contributed by atoms with Crippen molar-refractivity contribution in [1.29, 1.82) is 0 Å². The Kier molecular flexibility index (Phi) is 6.05. The van der Waals surface area contributed by atoms with Gasteiger partial charge in [-0.3, -0.25) is 0 Å². The number of hydrogen-bond donors (Lipinski definition) is 0. The number of carbonyl (C=O) groups is 1. The molecule has 2 aromatic rings. The molecule has 1 atom stereocenters. The molecule has 0 heterocycles. The van der Waals surface area contributed by atoms with Crippen LogP contribution in [0.3, 0.4) is 0 Å². The van der Waals surface area contributed by atoms with E-state index in [1.165, 1.54) is 10.8 Å². The Morgan fingerprint density at radius 3 is 2.20 bits per heavy atom. The lowest BCUT2D eigenvalue weighted by atomic mass is 9.89. The summed E-state index contributed by atoms with van der Waals surface area (Å²) in [7, 11) is 0. The normalized spacial score (nSPS) is 11.8. The molecule has 0 fully saturated rings. The van der Waals surface area contributed by atoms with Gasteiger partial charge < -0.3 is 4.79 Å². The lowest BCUT2D eigenvalue weighted by molar-refractivity contribution is -0.118. The van der Waals surface area contributed by atoms with E-state index in [1.54, 1.807) is 0 Å². The van der Waals surface area contributed by atoms with Crippen LogP contribution in [-0.4, -0.2) is 21.0 Å². The average Bonchev–Trinajstić information content (AvgIpc) is 2.52. The average molecular weight is 280 g/mol. The zero-order valence-corrected chi connectivity index (χ0v) is 13.5. The highest BCUT2D eigenvalue weighted by Gasteiger charge is 2.20. The molecular weight excluding hydrogens is 259 g/mol. The number of carbonyl (C=O) groups excluding carboxylic acids is 1. The minimum atomic E-state index is -0.212. The molecule has 2 aromatic carbocycles. The van der Waals surface area contributed by atoms with Gasteiger partial charge in [0.1, 0.15) is 5.78 Å². The molecule has 0 spiro atoms. The highest BCUT2D eigenvalue weighted by molar-refractivity contribution is 6.41. The second-order valence-corrected chi connectivity index (χ2v) is 7.43. The first-order valence-corrected chi connectivity index (χ1v) is 9.43. The van der Waals surface area contributed by atoms with Gasteiger partial charge in [-0.05, 0) is 22.8 Å². The first-order valence-electron chi connectivity index (χ1n) is 7.43. The van der Waals surface area contributed by atoms with Crippen LogP contribution in [0.5, 0.6) is 0 Å². The second-order valence-electron chi connectivity index (χ2n) is 5.22. The fourth-order valence-corrected chi connectivity index (χ4v) is 3.53. The van der Waals surface area contributed by atoms with E-state index in [9.17, 15) is 4.79 Å². The third kappa shape index (κ3) is 4.34. The van der Waals surface area contributed by atoms with E-state index in [1.807, 2.05) is 36.4 Å². The largest absolute Gasteiger partial charge is 0.300 e. The van der Waals surface area contributed by atoms with Crippen LogP contribution in [0, 0.1) is 0 Å². The van der Waals surface area contributed by atoms with Gasteiger partial charge in [0.15, 0.2) is 0 Å². The lowest BCUT2D eigenvalue weighted by Gasteiger charge is -2.16. The van der Waals surface area contributed by atoms with Crippen molar-refractivity contribution in [2.45, 2.75) is 29.8 Å². The Labute approximate surface area is 127 Å². The third-order valence-electron chi connectivity index (χ3n) is 3.65. The second kappa shape index (κ2) is 8.05. The predicted molar refractivity (Wildman–Crippen MR) is 86.8 cm³/mol. The summed E-state index contributed by atoms with van der Waals surface area (Å²) < 4.78 is 0. The van der Waals surface area contributed by atoms with Crippen LogP contribution in [0.1, 0.15) is 24.0 Å². The molecule has 0 radical (unpaired) electrons. The Morgan fingerprint density at radius 2 is 1.60 bits per heavy atom. The zero-order valence-electron chi connectivity index (χ0n) is 12.1. The number of hydrogen-bond acceptors (Lipinski definition) is 1. The molecule has 0 bridgehead atoms. The minimum Gasteiger partial charge on any atom is -0.300 e.